The number of alkyl halides is 3. The van der Waals surface area contributed by atoms with Crippen LogP contribution in [0.25, 0.3) is 22.3 Å². The lowest BCUT2D eigenvalue weighted by Gasteiger charge is -2.16. The molecule has 0 radical (unpaired) electrons. The summed E-state index contributed by atoms with van der Waals surface area (Å²) < 4.78 is 54.7. The Morgan fingerprint density at radius 2 is 1.72 bits per heavy atom. The highest BCUT2D eigenvalue weighted by atomic mass is 19.4. The molecule has 0 spiro atoms. The molecule has 4 aromatic rings. The second kappa shape index (κ2) is 7.89. The number of nitrogens with zero attached hydrogens (tertiary/aromatic N) is 3. The average Bonchev–Trinajstić information content (AvgIpc) is 2.99. The Hall–Kier alpha value is -3.49. The minimum atomic E-state index is -4.53. The predicted molar refractivity (Wildman–Crippen MR) is 113 cm³/mol. The Bertz CT molecular complexity index is 1300. The molecule has 5 rings (SSSR count). The average molecular weight is 441 g/mol. The summed E-state index contributed by atoms with van der Waals surface area (Å²) in [6.07, 6.45) is -0.337. The smallest absolute Gasteiger partial charge is 0.323 e. The van der Waals surface area contributed by atoms with E-state index in [9.17, 15) is 17.6 Å². The van der Waals surface area contributed by atoms with Crippen LogP contribution in [-0.2, 0) is 19.0 Å². The molecule has 0 aliphatic heterocycles. The van der Waals surface area contributed by atoms with Crippen molar-refractivity contribution < 1.29 is 17.6 Å². The van der Waals surface area contributed by atoms with Crippen molar-refractivity contribution in [1.82, 2.24) is 20.2 Å². The zero-order chi connectivity index (χ0) is 22.3. The largest absolute Gasteiger partial charge is 0.417 e. The lowest BCUT2D eigenvalue weighted by atomic mass is 10.0. The Balaban J connectivity index is 1.66. The lowest BCUT2D eigenvalue weighted by Crippen LogP contribution is -2.11. The standard InChI is InChI=1S/C23H19F4N5/c24-13-10-11-19-16(12-13)22(32-31-19)30-21-15-7-2-1-3-9-18(15)28-20(29-21)14-6-4-5-8-17(14)23(25,26)27/h4-6,8,10-12H,1-3,7,9H2,(H2,28,29,30,31,32). The van der Waals surface area contributed by atoms with Crippen molar-refractivity contribution in [2.75, 3.05) is 5.32 Å². The van der Waals surface area contributed by atoms with Gasteiger partial charge in [0.15, 0.2) is 11.6 Å². The fraction of sp³-hybridized carbons (Fsp3) is 0.261. The molecule has 0 fully saturated rings. The van der Waals surface area contributed by atoms with E-state index in [2.05, 4.69) is 25.5 Å². The van der Waals surface area contributed by atoms with Crippen LogP contribution in [0.4, 0.5) is 29.2 Å². The molecule has 9 heteroatoms. The Kier molecular flexibility index (Phi) is 5.03. The summed E-state index contributed by atoms with van der Waals surface area (Å²) in [5.41, 5.74) is 1.37. The normalized spacial score (nSPS) is 14.2. The zero-order valence-electron chi connectivity index (χ0n) is 16.9. The molecule has 1 aliphatic rings. The van der Waals surface area contributed by atoms with Crippen LogP contribution in [-0.4, -0.2) is 20.2 Å². The van der Waals surface area contributed by atoms with Gasteiger partial charge in [-0.3, -0.25) is 5.10 Å². The van der Waals surface area contributed by atoms with Crippen LogP contribution >= 0.6 is 0 Å². The van der Waals surface area contributed by atoms with Crippen molar-refractivity contribution >= 4 is 22.5 Å². The van der Waals surface area contributed by atoms with Gasteiger partial charge in [-0.2, -0.15) is 18.3 Å². The first-order valence-electron chi connectivity index (χ1n) is 10.4. The van der Waals surface area contributed by atoms with Gasteiger partial charge in [-0.25, -0.2) is 14.4 Å². The van der Waals surface area contributed by atoms with E-state index in [4.69, 9.17) is 0 Å². The maximum Gasteiger partial charge on any atom is 0.417 e. The van der Waals surface area contributed by atoms with Crippen LogP contribution < -0.4 is 5.32 Å². The highest BCUT2D eigenvalue weighted by Crippen LogP contribution is 2.38. The van der Waals surface area contributed by atoms with Crippen LogP contribution in [0.2, 0.25) is 0 Å². The van der Waals surface area contributed by atoms with E-state index >= 15 is 0 Å². The summed E-state index contributed by atoms with van der Waals surface area (Å²) in [7, 11) is 0. The Labute approximate surface area is 180 Å². The van der Waals surface area contributed by atoms with Gasteiger partial charge in [0.2, 0.25) is 0 Å². The van der Waals surface area contributed by atoms with Gasteiger partial charge in [0.25, 0.3) is 0 Å². The van der Waals surface area contributed by atoms with Gasteiger partial charge in [0.1, 0.15) is 11.6 Å². The van der Waals surface area contributed by atoms with Crippen LogP contribution in [0.3, 0.4) is 0 Å². The number of benzene rings is 2. The van der Waals surface area contributed by atoms with Gasteiger partial charge in [-0.05, 0) is 49.9 Å². The third kappa shape index (κ3) is 3.79. The quantitative estimate of drug-likeness (QED) is 0.294. The molecule has 2 aromatic heterocycles. The van der Waals surface area contributed by atoms with Gasteiger partial charge in [-0.15, -0.1) is 0 Å². The molecule has 0 saturated heterocycles. The van der Waals surface area contributed by atoms with Crippen molar-refractivity contribution in [3.8, 4) is 11.4 Å². The van der Waals surface area contributed by atoms with E-state index in [1.807, 2.05) is 0 Å². The SMILES string of the molecule is Fc1ccc2[nH]nc(Nc3nc(-c4ccccc4C(F)(F)F)nc4c3CCCCC4)c2c1. The van der Waals surface area contributed by atoms with E-state index in [0.29, 0.717) is 35.4 Å². The van der Waals surface area contributed by atoms with E-state index in [1.165, 1.54) is 30.3 Å². The van der Waals surface area contributed by atoms with E-state index in [1.54, 1.807) is 6.07 Å². The fourth-order valence-electron chi connectivity index (χ4n) is 4.11. The summed E-state index contributed by atoms with van der Waals surface area (Å²) in [6, 6.07) is 9.55. The highest BCUT2D eigenvalue weighted by molar-refractivity contribution is 5.91. The van der Waals surface area contributed by atoms with Gasteiger partial charge in [0.05, 0.1) is 11.1 Å². The first kappa shape index (κ1) is 20.4. The van der Waals surface area contributed by atoms with Crippen molar-refractivity contribution in [2.45, 2.75) is 38.3 Å². The molecule has 1 aliphatic carbocycles. The Morgan fingerprint density at radius 3 is 2.56 bits per heavy atom. The second-order valence-electron chi connectivity index (χ2n) is 7.81. The fourth-order valence-corrected chi connectivity index (χ4v) is 4.11. The van der Waals surface area contributed by atoms with E-state index in [0.717, 1.165) is 36.6 Å². The molecule has 0 saturated carbocycles. The van der Waals surface area contributed by atoms with Crippen LogP contribution in [0.1, 0.15) is 36.1 Å². The third-order valence-electron chi connectivity index (χ3n) is 5.67. The van der Waals surface area contributed by atoms with Crippen molar-refractivity contribution in [1.29, 1.82) is 0 Å². The molecule has 2 aromatic carbocycles. The molecule has 0 bridgehead atoms. The number of hydrogen-bond donors (Lipinski definition) is 2. The van der Waals surface area contributed by atoms with Crippen molar-refractivity contribution in [2.24, 2.45) is 0 Å². The minimum absolute atomic E-state index is 0.00657. The third-order valence-corrected chi connectivity index (χ3v) is 5.67. The number of aromatic nitrogens is 4. The van der Waals surface area contributed by atoms with Gasteiger partial charge >= 0.3 is 6.18 Å². The lowest BCUT2D eigenvalue weighted by molar-refractivity contribution is -0.137. The Morgan fingerprint density at radius 1 is 0.906 bits per heavy atom. The van der Waals surface area contributed by atoms with Gasteiger partial charge in [0, 0.05) is 22.2 Å². The second-order valence-corrected chi connectivity index (χ2v) is 7.81. The first-order chi connectivity index (χ1) is 15.4. The highest BCUT2D eigenvalue weighted by Gasteiger charge is 2.34. The summed E-state index contributed by atoms with van der Waals surface area (Å²) in [4.78, 5) is 9.05. The number of aromatic amines is 1. The summed E-state index contributed by atoms with van der Waals surface area (Å²) in [5.74, 6) is 0.358. The number of halogens is 4. The molecule has 2 N–H and O–H groups in total. The molecule has 32 heavy (non-hydrogen) atoms. The topological polar surface area (TPSA) is 66.5 Å². The number of rotatable bonds is 3. The number of anilines is 2. The van der Waals surface area contributed by atoms with Crippen LogP contribution in [0, 0.1) is 5.82 Å². The zero-order valence-corrected chi connectivity index (χ0v) is 16.9. The number of nitrogens with one attached hydrogen (secondary N) is 2. The van der Waals surface area contributed by atoms with Gasteiger partial charge < -0.3 is 5.32 Å². The number of fused-ring (bicyclic) bond motifs is 2. The van der Waals surface area contributed by atoms with E-state index in [-0.39, 0.29) is 11.4 Å². The van der Waals surface area contributed by atoms with Crippen molar-refractivity contribution in [3.63, 3.8) is 0 Å². The molecule has 164 valence electrons. The number of aryl methyl sites for hydroxylation is 1. The minimum Gasteiger partial charge on any atom is -0.323 e. The predicted octanol–water partition coefficient (Wildman–Crippen LogP) is 6.19. The maximum atomic E-state index is 13.8. The molecule has 0 unspecified atom stereocenters. The monoisotopic (exact) mass is 441 g/mol. The first-order valence-corrected chi connectivity index (χ1v) is 10.4. The maximum absolute atomic E-state index is 13.8. The molecule has 0 atom stereocenters. The number of H-pyrrole nitrogens is 1. The molecule has 5 nitrogen and oxygen atoms in total. The van der Waals surface area contributed by atoms with Crippen LogP contribution in [0.5, 0.6) is 0 Å². The molecule has 0 amide bonds. The van der Waals surface area contributed by atoms with E-state index < -0.39 is 17.6 Å². The van der Waals surface area contributed by atoms with Crippen LogP contribution in [0.15, 0.2) is 42.5 Å². The number of hydrogen-bond acceptors (Lipinski definition) is 4. The summed E-state index contributed by atoms with van der Waals surface area (Å²) in [5, 5.41) is 10.7. The summed E-state index contributed by atoms with van der Waals surface area (Å²) in [6.45, 7) is 0. The molecule has 2 heterocycles. The summed E-state index contributed by atoms with van der Waals surface area (Å²) >= 11 is 0. The van der Waals surface area contributed by atoms with Gasteiger partial charge in [-0.1, -0.05) is 24.6 Å². The van der Waals surface area contributed by atoms with Crippen molar-refractivity contribution in [3.05, 3.63) is 65.1 Å². The molecular formula is C23H19F4N5. The molecular weight excluding hydrogens is 422 g/mol.